The van der Waals surface area contributed by atoms with Crippen LogP contribution >= 0.6 is 46.4 Å². The number of halogens is 4. The van der Waals surface area contributed by atoms with E-state index in [0.29, 0.717) is 184 Å². The monoisotopic (exact) mass is 1970 g/mol. The zero-order valence-electron chi connectivity index (χ0n) is 76.5. The van der Waals surface area contributed by atoms with E-state index in [1.807, 2.05) is 113 Å². The van der Waals surface area contributed by atoms with Crippen LogP contribution < -0.4 is 88.4 Å². The van der Waals surface area contributed by atoms with E-state index >= 15 is 0 Å². The molecule has 0 saturated carbocycles. The Labute approximate surface area is 813 Å². The van der Waals surface area contributed by atoms with Crippen LogP contribution in [0.25, 0.3) is 32.7 Å². The summed E-state index contributed by atoms with van der Waals surface area (Å²) in [5.41, 5.74) is 56.0. The molecule has 0 radical (unpaired) electrons. The van der Waals surface area contributed by atoms with Crippen molar-refractivity contribution >= 4 is 202 Å². The van der Waals surface area contributed by atoms with Crippen LogP contribution in [0.1, 0.15) is 153 Å². The highest BCUT2D eigenvalue weighted by Gasteiger charge is 2.46. The Balaban J connectivity index is 0.000000128. The van der Waals surface area contributed by atoms with E-state index in [1.165, 1.54) is 16.8 Å². The number of aryl methyl sites for hydroxylation is 5. The summed E-state index contributed by atoms with van der Waals surface area (Å²) in [5.74, 6) is -1.71. The topological polar surface area (TPSA) is 657 Å². The Kier molecular flexibility index (Phi) is 26.3. The third-order valence-corrected chi connectivity index (χ3v) is 27.9. The summed E-state index contributed by atoms with van der Waals surface area (Å²) in [7, 11) is 3.87. The summed E-state index contributed by atoms with van der Waals surface area (Å²) in [6.45, 7) is 15.4. The van der Waals surface area contributed by atoms with Crippen molar-refractivity contribution in [2.75, 3.05) is 124 Å². The predicted molar refractivity (Wildman–Crippen MR) is 529 cm³/mol. The lowest BCUT2D eigenvalue weighted by molar-refractivity contribution is -0.132. The minimum absolute atomic E-state index is 0.0226. The molecule has 0 aliphatic carbocycles. The first-order valence-electron chi connectivity index (χ1n) is 44.6. The number of nitrogens with one attached hydrogen (secondary N) is 9. The van der Waals surface area contributed by atoms with Crippen molar-refractivity contribution in [1.82, 2.24) is 121 Å². The summed E-state index contributed by atoms with van der Waals surface area (Å²) in [6, 6.07) is 27.5. The molecule has 16 heterocycles. The number of nitrogens with two attached hydrogens (primary N) is 8. The van der Waals surface area contributed by atoms with E-state index < -0.39 is 23.6 Å². The van der Waals surface area contributed by atoms with Gasteiger partial charge in [-0.15, -0.1) is 0 Å². The van der Waals surface area contributed by atoms with E-state index in [1.54, 1.807) is 4.68 Å². The third kappa shape index (κ3) is 19.6. The zero-order valence-corrected chi connectivity index (χ0v) is 79.5. The fourth-order valence-electron chi connectivity index (χ4n) is 18.3. The number of rotatable bonds is 9. The molecule has 45 nitrogen and oxygen atoms in total. The number of aliphatic imine (C=N–C) groups is 5. The van der Waals surface area contributed by atoms with Gasteiger partial charge in [0, 0.05) is 116 Å². The number of hydrogen-bond donors (Lipinski definition) is 17. The van der Waals surface area contributed by atoms with Crippen LogP contribution in [0, 0.1) is 27.7 Å². The lowest BCUT2D eigenvalue weighted by atomic mass is 9.88. The summed E-state index contributed by atoms with van der Waals surface area (Å²) in [4.78, 5) is 167. The summed E-state index contributed by atoms with van der Waals surface area (Å²) >= 11 is 23.5. The second-order valence-corrected chi connectivity index (χ2v) is 37.1. The maximum absolute atomic E-state index is 13.3. The van der Waals surface area contributed by atoms with Gasteiger partial charge in [-0.2, -0.15) is 5.10 Å². The second-order valence-electron chi connectivity index (χ2n) is 35.6. The molecule has 139 heavy (non-hydrogen) atoms. The number of guanidine groups is 4. The number of amides is 8. The Hall–Kier alpha value is -15.4. The van der Waals surface area contributed by atoms with Gasteiger partial charge in [-0.3, -0.25) is 89.3 Å². The first-order valence-corrected chi connectivity index (χ1v) is 46.1. The van der Waals surface area contributed by atoms with Crippen molar-refractivity contribution in [2.45, 2.75) is 114 Å². The number of anilines is 8. The third-order valence-electron chi connectivity index (χ3n) is 26.8. The minimum Gasteiger partial charge on any atom is -0.382 e. The fraction of sp³-hybridized carbons (Fsp3) is 0.356. The minimum atomic E-state index is -0.593. The lowest BCUT2D eigenvalue weighted by Crippen LogP contribution is -2.57. The number of aromatic amines is 1. The molecular weight excluding hydrogens is 1870 g/mol. The van der Waals surface area contributed by atoms with Crippen molar-refractivity contribution in [3.8, 4) is 0 Å². The fourth-order valence-corrected chi connectivity index (χ4v) is 18.8. The molecule has 4 spiro atoms. The largest absolute Gasteiger partial charge is 0.382 e. The van der Waals surface area contributed by atoms with E-state index in [4.69, 9.17) is 92.3 Å². The Morgan fingerprint density at radius 1 is 0.396 bits per heavy atom. The molecule has 7 aromatic heterocycles. The SMILES string of the molecule is Cc1[nH]c2ccc(CC(=O)N3CCC4(CC3)CN=C(NC(=O)c3nc(Cl)c(N)nc3N)N4)cc2c1C.Cc1c(C)n(C)c2ccc(C(=O)N3CCC4(CC3)CN=C(NC(=O)c3nc(Cl)c(N)nc3N)N4)cc12.Cn1nc(C(=O)N2CCC3(CC2)CN=C(NC(=O)c2nc(Cl)c(N)nc2N)N3)c2ccccc21.Nc1nc(N)c(C(=O)NC2=NCC3(CCN(C(=O)C4=NCc5ccccc54)CC3)N2)nc1Cl. The number of H-pyrrole nitrogens is 1. The van der Waals surface area contributed by atoms with Crippen LogP contribution in [-0.4, -0.2) is 256 Å². The average Bonchev–Trinajstić information content (AvgIpc) is 1.63. The molecule has 4 aromatic carbocycles. The Bertz CT molecular complexity index is 7050. The molecule has 20 rings (SSSR count). The number of benzene rings is 4. The normalized spacial score (nSPS) is 17.2. The van der Waals surface area contributed by atoms with Crippen molar-refractivity contribution in [3.05, 3.63) is 179 Å². The highest BCUT2D eigenvalue weighted by atomic mass is 35.5. The van der Waals surface area contributed by atoms with Crippen molar-refractivity contribution in [1.29, 1.82) is 0 Å². The van der Waals surface area contributed by atoms with Gasteiger partial charge in [0.05, 0.1) is 66.8 Å². The summed E-state index contributed by atoms with van der Waals surface area (Å²) in [6.07, 6.45) is 5.90. The number of carbonyl (C=O) groups excluding carboxylic acids is 8. The molecule has 9 aliphatic heterocycles. The van der Waals surface area contributed by atoms with Crippen LogP contribution in [0.3, 0.4) is 0 Å². The highest BCUT2D eigenvalue weighted by molar-refractivity contribution is 6.46. The van der Waals surface area contributed by atoms with Crippen molar-refractivity contribution < 1.29 is 38.4 Å². The highest BCUT2D eigenvalue weighted by Crippen LogP contribution is 2.36. The maximum Gasteiger partial charge on any atom is 0.280 e. The summed E-state index contributed by atoms with van der Waals surface area (Å²) in [5, 5.41) is 31.1. The molecule has 8 amide bonds. The molecular formula is C90H101Cl4N37O8. The molecule has 4 fully saturated rings. The van der Waals surface area contributed by atoms with Gasteiger partial charge in [-0.25, -0.2) is 39.9 Å². The smallest absolute Gasteiger partial charge is 0.280 e. The Morgan fingerprint density at radius 3 is 1.23 bits per heavy atom. The van der Waals surface area contributed by atoms with Crippen LogP contribution in [0.2, 0.25) is 20.6 Å². The van der Waals surface area contributed by atoms with Gasteiger partial charge in [-0.1, -0.05) is 94.9 Å². The van der Waals surface area contributed by atoms with E-state index in [9.17, 15) is 38.4 Å². The molecule has 49 heteroatoms. The number of carbonyl (C=O) groups is 8. The molecule has 25 N–H and O–H groups in total. The quantitative estimate of drug-likeness (QED) is 0.0955. The maximum atomic E-state index is 13.3. The van der Waals surface area contributed by atoms with Gasteiger partial charge in [0.1, 0.15) is 5.71 Å². The standard InChI is InChI=1S/2C24H28ClN9O2.C21H23ClN10O2.C21H22ClN9O2/c1-12-13(2)33(3)16-5-4-14(10-15(12)16)22(36)34-8-6-24(7-9-34)11-28-23(32-24)31-21(35)17-19(26)30-20(27)18(25)29-17;1-12-13(2)29-16-4-3-14(9-15(12)16)10-17(35)34-7-5-24(6-8-34)11-28-23(33-24)32-22(36)18-20(26)31-21(27)19(25)30-18;1-31-12-5-3-2-4-11(12)13(30-31)19(34)32-8-6-21(7-9-32)10-25-20(29-21)28-18(33)14-16(23)27-17(24)15(22)26-14;22-15-17(24)28-16(23)14(27-15)18(32)29-20-26-10-21(30-20)5-7-31(8-6-21)19(33)13-12-4-2-1-3-11(12)9-25-13/h4-5,10H,6-9,11H2,1-3H3,(H4,26,27,30)(H2,28,31,32,35);3-4,9,29H,5-8,10-11H2,1-2H3,(H4,26,27,31)(H2,28,32,33,36);2-5H,6-10H2,1H3,(H4,23,24,27)(H2,25,28,29,33);1-4H,5-10H2,(H4,23,24,28)(H2,26,29,30,32). The molecule has 4 saturated heterocycles. The van der Waals surface area contributed by atoms with Crippen molar-refractivity contribution in [3.63, 3.8) is 0 Å². The second kappa shape index (κ2) is 38.3. The number of hydrogen-bond acceptors (Lipinski definition) is 34. The van der Waals surface area contributed by atoms with E-state index in [-0.39, 0.29) is 136 Å². The van der Waals surface area contributed by atoms with Gasteiger partial charge in [0.25, 0.3) is 41.4 Å². The number of nitrogens with zero attached hydrogens (tertiary/aromatic N) is 20. The lowest BCUT2D eigenvalue weighted by Gasteiger charge is -2.39. The first-order chi connectivity index (χ1) is 66.3. The van der Waals surface area contributed by atoms with Crippen LogP contribution in [0.15, 0.2) is 110 Å². The number of para-hydroxylation sites is 1. The van der Waals surface area contributed by atoms with Crippen LogP contribution in [0.5, 0.6) is 0 Å². The first kappa shape index (κ1) is 95.3. The number of nitrogen functional groups attached to an aromatic ring is 8. The van der Waals surface area contributed by atoms with Gasteiger partial charge in [0.2, 0.25) is 5.91 Å². The predicted octanol–water partition coefficient (Wildman–Crippen LogP) is 4.34. The number of fused-ring (bicyclic) bond motifs is 4. The molecule has 0 unspecified atom stereocenters. The molecule has 722 valence electrons. The van der Waals surface area contributed by atoms with Crippen LogP contribution in [-0.2, 0) is 36.6 Å². The Morgan fingerprint density at radius 2 is 0.791 bits per heavy atom. The molecule has 0 bridgehead atoms. The summed E-state index contributed by atoms with van der Waals surface area (Å²) < 4.78 is 3.87. The van der Waals surface area contributed by atoms with E-state index in [0.717, 1.165) is 55.1 Å². The van der Waals surface area contributed by atoms with Gasteiger partial charge in [0.15, 0.2) is 119 Å². The van der Waals surface area contributed by atoms with Gasteiger partial charge >= 0.3 is 0 Å². The molecule has 0 atom stereocenters. The average molecular weight is 1970 g/mol. The molecule has 11 aromatic rings. The van der Waals surface area contributed by atoms with Gasteiger partial charge in [-0.05, 0) is 138 Å². The van der Waals surface area contributed by atoms with E-state index in [2.05, 4.69) is 156 Å². The number of piperidine rings is 4. The zero-order chi connectivity index (χ0) is 98.6. The molecule has 9 aliphatic rings. The van der Waals surface area contributed by atoms with Gasteiger partial charge < -0.3 is 96.3 Å². The number of aromatic nitrogens is 12. The van der Waals surface area contributed by atoms with Crippen molar-refractivity contribution in [2.24, 2.45) is 39.1 Å². The number of likely N-dealkylation sites (tertiary alicyclic amines) is 4. The van der Waals surface area contributed by atoms with Crippen LogP contribution in [0.4, 0.5) is 46.5 Å².